The normalized spacial score (nSPS) is 25.3. The largest absolute Gasteiger partial charge is 0.508 e. The van der Waals surface area contributed by atoms with Crippen LogP contribution in [0.25, 0.3) is 0 Å². The van der Waals surface area contributed by atoms with Crippen molar-refractivity contribution in [1.29, 1.82) is 0 Å². The van der Waals surface area contributed by atoms with Crippen LogP contribution in [-0.4, -0.2) is 22.4 Å². The Kier molecular flexibility index (Phi) is 2.00. The van der Waals surface area contributed by atoms with Crippen LogP contribution in [0.4, 0.5) is 0 Å². The molecule has 0 saturated carbocycles. The van der Waals surface area contributed by atoms with Gasteiger partial charge in [-0.3, -0.25) is 0 Å². The summed E-state index contributed by atoms with van der Waals surface area (Å²) in [6.07, 6.45) is 0.478. The Hall–Kier alpha value is -1.42. The van der Waals surface area contributed by atoms with Crippen LogP contribution < -0.4 is 10.5 Å². The van der Waals surface area contributed by atoms with Gasteiger partial charge in [0.1, 0.15) is 23.4 Å². The van der Waals surface area contributed by atoms with Gasteiger partial charge in [-0.15, -0.1) is 0 Å². The highest BCUT2D eigenvalue weighted by Gasteiger charge is 2.26. The van der Waals surface area contributed by atoms with Crippen molar-refractivity contribution in [3.63, 3.8) is 0 Å². The minimum absolute atomic E-state index is 0.00363. The summed E-state index contributed by atoms with van der Waals surface area (Å²) in [6.45, 7) is 1.87. The van der Waals surface area contributed by atoms with Crippen LogP contribution in [0.5, 0.6) is 17.2 Å². The van der Waals surface area contributed by atoms with Gasteiger partial charge in [-0.05, 0) is 13.3 Å². The molecule has 76 valence electrons. The second-order valence-corrected chi connectivity index (χ2v) is 3.63. The SMILES string of the molecule is C[C@H]1Oc2cc(O)cc(O)c2CC1N. The van der Waals surface area contributed by atoms with Gasteiger partial charge < -0.3 is 20.7 Å². The lowest BCUT2D eigenvalue weighted by atomic mass is 9.98. The fraction of sp³-hybridized carbons (Fsp3) is 0.400. The molecule has 1 heterocycles. The van der Waals surface area contributed by atoms with Gasteiger partial charge in [-0.2, -0.15) is 0 Å². The smallest absolute Gasteiger partial charge is 0.130 e. The van der Waals surface area contributed by atoms with E-state index < -0.39 is 0 Å². The first kappa shape index (κ1) is 9.15. The fourth-order valence-corrected chi connectivity index (χ4v) is 1.62. The first-order valence-corrected chi connectivity index (χ1v) is 4.55. The zero-order valence-electron chi connectivity index (χ0n) is 7.90. The summed E-state index contributed by atoms with van der Waals surface area (Å²) in [6, 6.07) is 2.68. The van der Waals surface area contributed by atoms with E-state index in [1.807, 2.05) is 6.92 Å². The van der Waals surface area contributed by atoms with Gasteiger partial charge in [0.2, 0.25) is 0 Å². The van der Waals surface area contributed by atoms with Gasteiger partial charge in [-0.1, -0.05) is 0 Å². The average molecular weight is 195 g/mol. The summed E-state index contributed by atoms with van der Waals surface area (Å²) in [5.74, 6) is 0.572. The summed E-state index contributed by atoms with van der Waals surface area (Å²) >= 11 is 0. The van der Waals surface area contributed by atoms with Crippen LogP contribution in [0.3, 0.4) is 0 Å². The number of ether oxygens (including phenoxy) is 1. The zero-order chi connectivity index (χ0) is 10.3. The van der Waals surface area contributed by atoms with Crippen molar-refractivity contribution < 1.29 is 14.9 Å². The molecule has 1 unspecified atom stereocenters. The second kappa shape index (κ2) is 3.06. The number of hydrogen-bond acceptors (Lipinski definition) is 4. The molecule has 2 atom stereocenters. The number of fused-ring (bicyclic) bond motifs is 1. The van der Waals surface area contributed by atoms with E-state index in [1.54, 1.807) is 0 Å². The minimum atomic E-state index is -0.113. The number of aromatic hydroxyl groups is 2. The summed E-state index contributed by atoms with van der Waals surface area (Å²) in [5.41, 5.74) is 6.48. The highest BCUT2D eigenvalue weighted by molar-refractivity contribution is 5.51. The van der Waals surface area contributed by atoms with E-state index >= 15 is 0 Å². The van der Waals surface area contributed by atoms with Crippen LogP contribution in [-0.2, 0) is 6.42 Å². The molecular formula is C10H13NO3. The molecule has 1 aliphatic rings. The van der Waals surface area contributed by atoms with Crippen molar-refractivity contribution in [1.82, 2.24) is 0 Å². The molecule has 1 aromatic rings. The molecule has 0 fully saturated rings. The van der Waals surface area contributed by atoms with E-state index in [-0.39, 0.29) is 23.6 Å². The Morgan fingerprint density at radius 1 is 1.43 bits per heavy atom. The molecule has 4 N–H and O–H groups in total. The molecule has 1 aromatic carbocycles. The Morgan fingerprint density at radius 2 is 2.14 bits per heavy atom. The Bertz CT molecular complexity index is 365. The third-order valence-electron chi connectivity index (χ3n) is 2.53. The van der Waals surface area contributed by atoms with Gasteiger partial charge in [0, 0.05) is 23.7 Å². The lowest BCUT2D eigenvalue weighted by molar-refractivity contribution is 0.166. The maximum absolute atomic E-state index is 9.55. The molecule has 0 aliphatic carbocycles. The number of nitrogens with two attached hydrogens (primary N) is 1. The predicted molar refractivity (Wildman–Crippen MR) is 51.5 cm³/mol. The van der Waals surface area contributed by atoms with Crippen molar-refractivity contribution >= 4 is 0 Å². The summed E-state index contributed by atoms with van der Waals surface area (Å²) in [7, 11) is 0. The quantitative estimate of drug-likeness (QED) is 0.571. The predicted octanol–water partition coefficient (Wildman–Crippen LogP) is 0.748. The zero-order valence-corrected chi connectivity index (χ0v) is 7.90. The summed E-state index contributed by atoms with van der Waals surface area (Å²) < 4.78 is 5.46. The molecule has 14 heavy (non-hydrogen) atoms. The average Bonchev–Trinajstić information content (AvgIpc) is 2.08. The van der Waals surface area contributed by atoms with Gasteiger partial charge in [0.05, 0.1) is 0 Å². The van der Waals surface area contributed by atoms with Gasteiger partial charge in [0.15, 0.2) is 0 Å². The fourth-order valence-electron chi connectivity index (χ4n) is 1.62. The van der Waals surface area contributed by atoms with Crippen LogP contribution in [0, 0.1) is 0 Å². The maximum Gasteiger partial charge on any atom is 0.130 e. The first-order valence-electron chi connectivity index (χ1n) is 4.55. The van der Waals surface area contributed by atoms with E-state index in [1.165, 1.54) is 12.1 Å². The highest BCUT2D eigenvalue weighted by atomic mass is 16.5. The van der Waals surface area contributed by atoms with Crippen molar-refractivity contribution in [3.05, 3.63) is 17.7 Å². The van der Waals surface area contributed by atoms with E-state index in [0.717, 1.165) is 0 Å². The highest BCUT2D eigenvalue weighted by Crippen LogP contribution is 2.37. The lowest BCUT2D eigenvalue weighted by Gasteiger charge is -2.29. The summed E-state index contributed by atoms with van der Waals surface area (Å²) in [5, 5.41) is 18.8. The minimum Gasteiger partial charge on any atom is -0.508 e. The summed E-state index contributed by atoms with van der Waals surface area (Å²) in [4.78, 5) is 0. The van der Waals surface area contributed by atoms with E-state index in [0.29, 0.717) is 17.7 Å². The van der Waals surface area contributed by atoms with Gasteiger partial charge >= 0.3 is 0 Å². The van der Waals surface area contributed by atoms with Crippen LogP contribution in [0.15, 0.2) is 12.1 Å². The number of phenols is 2. The molecule has 0 saturated heterocycles. The van der Waals surface area contributed by atoms with Crippen LogP contribution in [0.1, 0.15) is 12.5 Å². The Balaban J connectivity index is 2.46. The monoisotopic (exact) mass is 195 g/mol. The number of hydrogen-bond donors (Lipinski definition) is 3. The first-order chi connectivity index (χ1) is 6.58. The van der Waals surface area contributed by atoms with E-state index in [9.17, 15) is 10.2 Å². The molecular weight excluding hydrogens is 182 g/mol. The van der Waals surface area contributed by atoms with Crippen LogP contribution >= 0.6 is 0 Å². The maximum atomic E-state index is 9.55. The number of benzene rings is 1. The second-order valence-electron chi connectivity index (χ2n) is 3.63. The number of rotatable bonds is 0. The topological polar surface area (TPSA) is 75.7 Å². The molecule has 0 radical (unpaired) electrons. The third kappa shape index (κ3) is 1.37. The molecule has 0 bridgehead atoms. The number of phenolic OH excluding ortho intramolecular Hbond substituents is 2. The molecule has 4 nitrogen and oxygen atoms in total. The molecule has 0 spiro atoms. The Morgan fingerprint density at radius 3 is 2.86 bits per heavy atom. The standard InChI is InChI=1S/C10H13NO3/c1-5-8(11)4-7-9(13)2-6(12)3-10(7)14-5/h2-3,5,8,12-13H,4,11H2,1H3/t5-,8?/m1/s1. The van der Waals surface area contributed by atoms with Crippen molar-refractivity contribution in [3.8, 4) is 17.2 Å². The van der Waals surface area contributed by atoms with E-state index in [4.69, 9.17) is 10.5 Å². The molecule has 2 rings (SSSR count). The van der Waals surface area contributed by atoms with Crippen LogP contribution in [0.2, 0.25) is 0 Å². The molecule has 0 aromatic heterocycles. The van der Waals surface area contributed by atoms with Gasteiger partial charge in [0.25, 0.3) is 0 Å². The van der Waals surface area contributed by atoms with Gasteiger partial charge in [-0.25, -0.2) is 0 Å². The molecule has 0 amide bonds. The third-order valence-corrected chi connectivity index (χ3v) is 2.53. The molecule has 4 heteroatoms. The van der Waals surface area contributed by atoms with Crippen molar-refractivity contribution in [2.45, 2.75) is 25.5 Å². The van der Waals surface area contributed by atoms with Crippen molar-refractivity contribution in [2.24, 2.45) is 5.73 Å². The van der Waals surface area contributed by atoms with E-state index in [2.05, 4.69) is 0 Å². The van der Waals surface area contributed by atoms with Crippen molar-refractivity contribution in [2.75, 3.05) is 0 Å². The lowest BCUT2D eigenvalue weighted by Crippen LogP contribution is -2.41. The molecule has 1 aliphatic heterocycles. The Labute approximate surface area is 81.9 Å².